The van der Waals surface area contributed by atoms with E-state index >= 15 is 8.78 Å². The lowest BCUT2D eigenvalue weighted by Crippen LogP contribution is -2.60. The molecule has 9 rings (SSSR count). The van der Waals surface area contributed by atoms with Crippen LogP contribution < -0.4 is 20.4 Å². The molecular weight excluding hydrogens is 692 g/mol. The number of alkyl halides is 2. The third kappa shape index (κ3) is 6.99. The number of amides is 2. The maximum absolute atomic E-state index is 15.8. The van der Waals surface area contributed by atoms with Gasteiger partial charge < -0.3 is 20.2 Å². The molecule has 0 aliphatic carbocycles. The lowest BCUT2D eigenvalue weighted by molar-refractivity contribution is -0.137. The number of benzene rings is 2. The van der Waals surface area contributed by atoms with Crippen molar-refractivity contribution in [2.24, 2.45) is 11.8 Å². The van der Waals surface area contributed by atoms with Gasteiger partial charge in [-0.15, -0.1) is 10.2 Å². The lowest BCUT2D eigenvalue weighted by Gasteiger charge is -2.48. The van der Waals surface area contributed by atoms with E-state index in [9.17, 15) is 14.7 Å². The first-order chi connectivity index (χ1) is 27.0. The summed E-state index contributed by atoms with van der Waals surface area (Å²) < 4.78 is 49.4. The second-order valence-corrected chi connectivity index (χ2v) is 15.9. The van der Waals surface area contributed by atoms with Crippen molar-refractivity contribution in [2.75, 3.05) is 80.6 Å². The predicted octanol–water partition coefficient (Wildman–Crippen LogP) is 3.76. The molecule has 3 aromatic rings. The SMILES string of the molecule is [2H]C1c2ccc(N3CCC(CN4CCC(CN5CCN6c7cc(-c8ccccc8O)nnc7NC[C@H]6C5)C(F)(F)C4)CC3)cc2C([2H])N1C1CCC(=O)NC1=O. The number of phenolic OH excluding ortho intramolecular Hbond substituents is 1. The molecule has 3 N–H and O–H groups in total. The number of para-hydroxylation sites is 1. The number of hydrogen-bond donors (Lipinski definition) is 3. The van der Waals surface area contributed by atoms with Gasteiger partial charge in [0.25, 0.3) is 5.92 Å². The fraction of sp³-hybridized carbons (Fsp3) is 0.550. The zero-order valence-electron chi connectivity index (χ0n) is 32.3. The molecular formula is C40H49F2N9O3. The minimum Gasteiger partial charge on any atom is -0.507 e. The predicted molar refractivity (Wildman–Crippen MR) is 201 cm³/mol. The summed E-state index contributed by atoms with van der Waals surface area (Å²) in [4.78, 5) is 34.6. The molecule has 12 nitrogen and oxygen atoms in total. The first-order valence-electron chi connectivity index (χ1n) is 20.5. The monoisotopic (exact) mass is 743 g/mol. The number of aromatic nitrogens is 2. The van der Waals surface area contributed by atoms with Crippen LogP contribution in [0.2, 0.25) is 0 Å². The highest BCUT2D eigenvalue weighted by atomic mass is 19.3. The molecule has 0 spiro atoms. The molecule has 0 radical (unpaired) electrons. The second-order valence-electron chi connectivity index (χ2n) is 15.9. The van der Waals surface area contributed by atoms with Crippen LogP contribution in [0.4, 0.5) is 26.0 Å². The number of likely N-dealkylation sites (tertiary alicyclic amines) is 1. The van der Waals surface area contributed by atoms with E-state index in [1.807, 2.05) is 41.3 Å². The van der Waals surface area contributed by atoms with E-state index in [4.69, 9.17) is 2.74 Å². The van der Waals surface area contributed by atoms with Crippen LogP contribution in [0, 0.1) is 11.8 Å². The quantitative estimate of drug-likeness (QED) is 0.307. The Morgan fingerprint density at radius 1 is 0.907 bits per heavy atom. The Morgan fingerprint density at radius 2 is 1.74 bits per heavy atom. The summed E-state index contributed by atoms with van der Waals surface area (Å²) in [5, 5.41) is 24.8. The van der Waals surface area contributed by atoms with Crippen LogP contribution >= 0.6 is 0 Å². The molecule has 0 saturated carbocycles. The smallest absolute Gasteiger partial charge is 0.264 e. The zero-order chi connectivity index (χ0) is 38.7. The minimum atomic E-state index is -2.77. The van der Waals surface area contributed by atoms with Crippen molar-refractivity contribution in [3.63, 3.8) is 0 Å². The van der Waals surface area contributed by atoms with Crippen LogP contribution in [0.5, 0.6) is 5.75 Å². The van der Waals surface area contributed by atoms with E-state index in [1.54, 1.807) is 17.0 Å². The van der Waals surface area contributed by atoms with Gasteiger partial charge in [0, 0.05) is 91.7 Å². The third-order valence-corrected chi connectivity index (χ3v) is 12.4. The van der Waals surface area contributed by atoms with Gasteiger partial charge in [-0.2, -0.15) is 0 Å². The van der Waals surface area contributed by atoms with Gasteiger partial charge in [-0.25, -0.2) is 8.78 Å². The Balaban J connectivity index is 0.758. The Kier molecular flexibility index (Phi) is 8.76. The summed E-state index contributed by atoms with van der Waals surface area (Å²) in [6.45, 7) is 4.08. The van der Waals surface area contributed by atoms with Crippen molar-refractivity contribution < 1.29 is 26.2 Å². The lowest BCUT2D eigenvalue weighted by atomic mass is 9.89. The number of rotatable bonds is 7. The number of fused-ring (bicyclic) bond motifs is 4. The average molecular weight is 744 g/mol. The number of halogens is 2. The first-order valence-corrected chi connectivity index (χ1v) is 19.4. The first kappa shape index (κ1) is 33.0. The molecule has 6 aliphatic heterocycles. The number of piperazine rings is 1. The van der Waals surface area contributed by atoms with Crippen molar-refractivity contribution >= 4 is 29.0 Å². The summed E-state index contributed by atoms with van der Waals surface area (Å²) in [5.41, 5.74) is 4.55. The third-order valence-electron chi connectivity index (χ3n) is 12.4. The summed E-state index contributed by atoms with van der Waals surface area (Å²) in [7, 11) is 0. The van der Waals surface area contributed by atoms with E-state index in [0.717, 1.165) is 42.9 Å². The topological polar surface area (TPSA) is 120 Å². The normalized spacial score (nSPS) is 29.8. The second kappa shape index (κ2) is 14.3. The van der Waals surface area contributed by atoms with Crippen molar-refractivity contribution in [3.8, 4) is 17.0 Å². The number of aromatic hydroxyl groups is 1. The van der Waals surface area contributed by atoms with Crippen LogP contribution in [0.1, 0.15) is 46.0 Å². The van der Waals surface area contributed by atoms with Crippen LogP contribution in [0.15, 0.2) is 48.5 Å². The largest absolute Gasteiger partial charge is 0.507 e. The standard InChI is InChI=1S/C40H49F2N9O3/c41-40(42)25-48(20-26-9-13-49(14-10-26)30-6-5-27-21-50(22-28(27)17-30)34-7-8-37(53)44-39(34)54)12-11-29(40)23-47-15-16-51-31(24-47)19-43-38-35(51)18-33(45-46-38)32-3-1-2-4-36(32)52/h1-6,17-18,26,29,31,34,52H,7-16,19-25H2,(H,43,46)(H,44,53,54)/t29?,31-,34?/m0/s1/i21D,22D/t21?,22?,29?,31-,34?. The molecule has 286 valence electrons. The minimum absolute atomic E-state index is 0.115. The van der Waals surface area contributed by atoms with Gasteiger partial charge >= 0.3 is 0 Å². The highest BCUT2D eigenvalue weighted by Gasteiger charge is 2.46. The highest BCUT2D eigenvalue weighted by Crippen LogP contribution is 2.39. The number of piperidine rings is 3. The molecule has 7 heterocycles. The van der Waals surface area contributed by atoms with Gasteiger partial charge in [-0.1, -0.05) is 18.2 Å². The maximum Gasteiger partial charge on any atom is 0.264 e. The van der Waals surface area contributed by atoms with Crippen molar-refractivity contribution in [1.29, 1.82) is 0 Å². The molecule has 54 heavy (non-hydrogen) atoms. The molecule has 4 fully saturated rings. The number of carbonyl (C=O) groups is 2. The number of nitrogens with one attached hydrogen (secondary N) is 2. The maximum atomic E-state index is 15.8. The number of carbonyl (C=O) groups excluding carboxylic acids is 2. The summed E-state index contributed by atoms with van der Waals surface area (Å²) in [6.07, 6.45) is 2.75. The van der Waals surface area contributed by atoms with E-state index in [0.29, 0.717) is 87.2 Å². The van der Waals surface area contributed by atoms with Crippen LogP contribution in [0.3, 0.4) is 0 Å². The number of anilines is 3. The Morgan fingerprint density at radius 3 is 2.56 bits per heavy atom. The molecule has 2 aromatic carbocycles. The Bertz CT molecular complexity index is 1990. The van der Waals surface area contributed by atoms with Crippen molar-refractivity contribution in [2.45, 2.75) is 63.2 Å². The molecule has 5 atom stereocenters. The molecule has 6 aliphatic rings. The Hall–Kier alpha value is -4.40. The van der Waals surface area contributed by atoms with E-state index < -0.39 is 36.8 Å². The summed E-state index contributed by atoms with van der Waals surface area (Å²) >= 11 is 0. The van der Waals surface area contributed by atoms with E-state index in [2.05, 4.69) is 35.5 Å². The fourth-order valence-electron chi connectivity index (χ4n) is 9.32. The average Bonchev–Trinajstić information content (AvgIpc) is 3.43. The number of phenols is 1. The van der Waals surface area contributed by atoms with Crippen LogP contribution in [0.25, 0.3) is 11.3 Å². The van der Waals surface area contributed by atoms with Gasteiger partial charge in [0.1, 0.15) is 5.75 Å². The van der Waals surface area contributed by atoms with Crippen molar-refractivity contribution in [3.05, 3.63) is 59.7 Å². The van der Waals surface area contributed by atoms with Gasteiger partial charge in [-0.3, -0.25) is 29.6 Å². The van der Waals surface area contributed by atoms with Gasteiger partial charge in [0.2, 0.25) is 11.8 Å². The molecule has 4 unspecified atom stereocenters. The van der Waals surface area contributed by atoms with Crippen molar-refractivity contribution in [1.82, 2.24) is 30.2 Å². The summed E-state index contributed by atoms with van der Waals surface area (Å²) in [5.74, 6) is -3.05. The molecule has 2 amide bonds. The molecule has 1 aromatic heterocycles. The number of imide groups is 1. The number of hydrogen-bond acceptors (Lipinski definition) is 11. The fourth-order valence-corrected chi connectivity index (χ4v) is 9.32. The molecule has 0 bridgehead atoms. The molecule has 14 heteroatoms. The summed E-state index contributed by atoms with van der Waals surface area (Å²) in [6, 6.07) is 14.3. The highest BCUT2D eigenvalue weighted by molar-refractivity contribution is 6.00. The number of nitrogens with zero attached hydrogens (tertiary/aromatic N) is 7. The van der Waals surface area contributed by atoms with Crippen LogP contribution in [-0.2, 0) is 22.6 Å². The van der Waals surface area contributed by atoms with Gasteiger partial charge in [0.15, 0.2) is 5.82 Å². The Labute approximate surface area is 317 Å². The van der Waals surface area contributed by atoms with E-state index in [-0.39, 0.29) is 30.7 Å². The van der Waals surface area contributed by atoms with Gasteiger partial charge in [0.05, 0.1) is 30.0 Å². The van der Waals surface area contributed by atoms with Gasteiger partial charge in [-0.05, 0) is 79.6 Å². The van der Waals surface area contributed by atoms with E-state index in [1.165, 1.54) is 0 Å². The van der Waals surface area contributed by atoms with Crippen LogP contribution in [-0.4, -0.2) is 125 Å². The molecule has 4 saturated heterocycles. The zero-order valence-corrected chi connectivity index (χ0v) is 30.3.